The maximum Gasteiger partial charge on any atom is 0.177 e. The number of imidazole rings is 1. The smallest absolute Gasteiger partial charge is 0.177 e. The number of hydrogen-bond donors (Lipinski definition) is 0. The van der Waals surface area contributed by atoms with E-state index in [9.17, 15) is 5.26 Å². The van der Waals surface area contributed by atoms with Crippen LogP contribution in [0, 0.1) is 29.6 Å². The molecule has 0 bridgehead atoms. The molecule has 3 aromatic heterocycles. The van der Waals surface area contributed by atoms with Crippen LogP contribution in [0.25, 0.3) is 9.88 Å². The van der Waals surface area contributed by atoms with Crippen LogP contribution >= 0.6 is 22.7 Å². The molecule has 21 heavy (non-hydrogen) atoms. The Kier molecular flexibility index (Phi) is 3.53. The van der Waals surface area contributed by atoms with E-state index < -0.39 is 0 Å². The van der Waals surface area contributed by atoms with Crippen LogP contribution in [-0.2, 0) is 6.54 Å². The first-order valence-corrected chi connectivity index (χ1v) is 7.84. The molecule has 102 valence electrons. The lowest BCUT2D eigenvalue weighted by atomic mass is 10.3. The van der Waals surface area contributed by atoms with Gasteiger partial charge in [0.1, 0.15) is 23.0 Å². The largest absolute Gasteiger partial charge is 0.313 e. The van der Waals surface area contributed by atoms with Gasteiger partial charge in [0.25, 0.3) is 0 Å². The average molecular weight is 311 g/mol. The first-order valence-electron chi connectivity index (χ1n) is 6.08. The molecule has 3 aromatic rings. The number of nitrogens with zero attached hydrogens (tertiary/aromatic N) is 5. The van der Waals surface area contributed by atoms with Gasteiger partial charge in [0.05, 0.1) is 17.1 Å². The molecule has 0 amide bonds. The van der Waals surface area contributed by atoms with E-state index in [1.54, 1.807) is 34.2 Å². The molecule has 0 unspecified atom stereocenters. The highest BCUT2D eigenvalue weighted by molar-refractivity contribution is 7.20. The third kappa shape index (κ3) is 2.45. The zero-order valence-electron chi connectivity index (χ0n) is 11.1. The minimum atomic E-state index is 0.170. The fourth-order valence-corrected chi connectivity index (χ4v) is 3.63. The molecule has 0 atom stereocenters. The summed E-state index contributed by atoms with van der Waals surface area (Å²) in [6.45, 7) is 2.24. The molecule has 0 saturated carbocycles. The molecule has 0 aliphatic carbocycles. The van der Waals surface area contributed by atoms with Gasteiger partial charge in [-0.15, -0.1) is 22.7 Å². The lowest BCUT2D eigenvalue weighted by molar-refractivity contribution is 0.738. The van der Waals surface area contributed by atoms with Crippen molar-refractivity contribution in [2.45, 2.75) is 13.5 Å². The minimum Gasteiger partial charge on any atom is -0.313 e. The van der Waals surface area contributed by atoms with Crippen molar-refractivity contribution in [3.8, 4) is 22.0 Å². The highest BCUT2D eigenvalue weighted by atomic mass is 32.1. The van der Waals surface area contributed by atoms with Crippen LogP contribution in [0.15, 0.2) is 22.9 Å². The Labute approximate surface area is 129 Å². The fraction of sp³-hybridized carbons (Fsp3) is 0.143. The Balaban J connectivity index is 1.94. The summed E-state index contributed by atoms with van der Waals surface area (Å²) >= 11 is 3.22. The lowest BCUT2D eigenvalue weighted by Gasteiger charge is -2.03. The first kappa shape index (κ1) is 13.5. The molecule has 3 rings (SSSR count). The molecule has 0 N–H and O–H groups in total. The van der Waals surface area contributed by atoms with Crippen molar-refractivity contribution in [3.63, 3.8) is 0 Å². The second-order valence-corrected chi connectivity index (χ2v) is 6.09. The molecule has 3 heterocycles. The zero-order chi connectivity index (χ0) is 14.8. The summed E-state index contributed by atoms with van der Waals surface area (Å²) in [5, 5.41) is 23.2. The quantitative estimate of drug-likeness (QED) is 0.744. The monoisotopic (exact) mass is 311 g/mol. The highest BCUT2D eigenvalue weighted by Gasteiger charge is 2.15. The summed E-state index contributed by atoms with van der Waals surface area (Å²) < 4.78 is 1.73. The Morgan fingerprint density at radius 2 is 2.10 bits per heavy atom. The molecule has 0 aliphatic heterocycles. The van der Waals surface area contributed by atoms with Gasteiger partial charge in [-0.3, -0.25) is 0 Å². The van der Waals surface area contributed by atoms with Crippen molar-refractivity contribution in [2.75, 3.05) is 0 Å². The second-order valence-electron chi connectivity index (χ2n) is 4.29. The first-order chi connectivity index (χ1) is 10.2. The van der Waals surface area contributed by atoms with Crippen molar-refractivity contribution in [1.29, 1.82) is 10.5 Å². The summed E-state index contributed by atoms with van der Waals surface area (Å²) in [7, 11) is 0. The zero-order valence-corrected chi connectivity index (χ0v) is 12.7. The van der Waals surface area contributed by atoms with Crippen molar-refractivity contribution in [3.05, 3.63) is 45.8 Å². The van der Waals surface area contributed by atoms with Gasteiger partial charge in [-0.1, -0.05) is 6.07 Å². The number of thiazole rings is 1. The summed E-state index contributed by atoms with van der Waals surface area (Å²) in [5.41, 5.74) is 1.33. The average Bonchev–Trinajstić information content (AvgIpc) is 3.20. The van der Waals surface area contributed by atoms with E-state index in [1.165, 1.54) is 0 Å². The Morgan fingerprint density at radius 3 is 2.76 bits per heavy atom. The molecule has 0 fully saturated rings. The molecule has 5 nitrogen and oxygen atoms in total. The summed E-state index contributed by atoms with van der Waals surface area (Å²) in [6, 6.07) is 8.02. The summed E-state index contributed by atoms with van der Waals surface area (Å²) in [5.74, 6) is 0.647. The van der Waals surface area contributed by atoms with Crippen LogP contribution < -0.4 is 0 Å². The van der Waals surface area contributed by atoms with Crippen molar-refractivity contribution in [2.24, 2.45) is 0 Å². The third-order valence-corrected chi connectivity index (χ3v) is 4.90. The standard InChI is InChI=1S/C14H9N5S2/c1-9-17-11(5-15)12(6-16)19(9)7-10-8-21-14(18-10)13-3-2-4-20-13/h2-4,8H,7H2,1H3. The normalized spacial score (nSPS) is 10.2. The predicted molar refractivity (Wildman–Crippen MR) is 80.9 cm³/mol. The van der Waals surface area contributed by atoms with Crippen LogP contribution in [0.1, 0.15) is 22.9 Å². The number of nitriles is 2. The number of hydrogen-bond acceptors (Lipinski definition) is 6. The minimum absolute atomic E-state index is 0.170. The number of aryl methyl sites for hydroxylation is 1. The predicted octanol–water partition coefficient (Wildman–Crippen LogP) is 3.17. The highest BCUT2D eigenvalue weighted by Crippen LogP contribution is 2.28. The van der Waals surface area contributed by atoms with E-state index in [4.69, 9.17) is 5.26 Å². The Morgan fingerprint density at radius 1 is 1.24 bits per heavy atom. The molecule has 0 aromatic carbocycles. The fourth-order valence-electron chi connectivity index (χ4n) is 2.00. The summed E-state index contributed by atoms with van der Waals surface area (Å²) in [4.78, 5) is 9.83. The van der Waals surface area contributed by atoms with Gasteiger partial charge in [0.2, 0.25) is 0 Å². The van der Waals surface area contributed by atoms with Gasteiger partial charge in [-0.25, -0.2) is 9.97 Å². The molecular formula is C14H9N5S2. The van der Waals surface area contributed by atoms with Gasteiger partial charge in [-0.05, 0) is 18.4 Å². The van der Waals surface area contributed by atoms with Crippen LogP contribution in [-0.4, -0.2) is 14.5 Å². The summed E-state index contributed by atoms with van der Waals surface area (Å²) in [6.07, 6.45) is 0. The van der Waals surface area contributed by atoms with E-state index >= 15 is 0 Å². The number of rotatable bonds is 3. The topological polar surface area (TPSA) is 78.3 Å². The van der Waals surface area contributed by atoms with E-state index in [2.05, 4.69) is 9.97 Å². The maximum atomic E-state index is 9.20. The van der Waals surface area contributed by atoms with E-state index in [0.29, 0.717) is 18.1 Å². The van der Waals surface area contributed by atoms with Crippen molar-refractivity contribution in [1.82, 2.24) is 14.5 Å². The third-order valence-electron chi connectivity index (χ3n) is 2.97. The Bertz CT molecular complexity index is 858. The lowest BCUT2D eigenvalue weighted by Crippen LogP contribution is -2.05. The molecule has 0 saturated heterocycles. The van der Waals surface area contributed by atoms with Crippen LogP contribution in [0.3, 0.4) is 0 Å². The number of thiophene rings is 1. The van der Waals surface area contributed by atoms with Crippen LogP contribution in [0.2, 0.25) is 0 Å². The van der Waals surface area contributed by atoms with Crippen molar-refractivity contribution < 1.29 is 0 Å². The van der Waals surface area contributed by atoms with Crippen LogP contribution in [0.5, 0.6) is 0 Å². The van der Waals surface area contributed by atoms with E-state index in [1.807, 2.05) is 35.0 Å². The number of aromatic nitrogens is 3. The van der Waals surface area contributed by atoms with Gasteiger partial charge in [0.15, 0.2) is 11.4 Å². The molecule has 0 aliphatic rings. The molecule has 7 heteroatoms. The molecule has 0 spiro atoms. The van der Waals surface area contributed by atoms with E-state index in [0.717, 1.165) is 15.6 Å². The van der Waals surface area contributed by atoms with Gasteiger partial charge in [-0.2, -0.15) is 10.5 Å². The van der Waals surface area contributed by atoms with Gasteiger partial charge < -0.3 is 4.57 Å². The Hall–Kier alpha value is -2.48. The second kappa shape index (κ2) is 5.49. The van der Waals surface area contributed by atoms with Gasteiger partial charge in [0, 0.05) is 5.38 Å². The van der Waals surface area contributed by atoms with E-state index in [-0.39, 0.29) is 5.69 Å². The van der Waals surface area contributed by atoms with Crippen molar-refractivity contribution >= 4 is 22.7 Å². The molecular weight excluding hydrogens is 302 g/mol. The SMILES string of the molecule is Cc1nc(C#N)c(C#N)n1Cc1csc(-c2cccs2)n1. The maximum absolute atomic E-state index is 9.20. The molecule has 0 radical (unpaired) electrons. The van der Waals surface area contributed by atoms with Gasteiger partial charge >= 0.3 is 0 Å². The van der Waals surface area contributed by atoms with Crippen LogP contribution in [0.4, 0.5) is 0 Å².